The Bertz CT molecular complexity index is 541. The quantitative estimate of drug-likeness (QED) is 0.927. The van der Waals surface area contributed by atoms with Gasteiger partial charge < -0.3 is 9.84 Å². The van der Waals surface area contributed by atoms with Crippen molar-refractivity contribution in [2.24, 2.45) is 0 Å². The molecule has 1 N–H and O–H groups in total. The lowest BCUT2D eigenvalue weighted by Crippen LogP contribution is -1.99. The molecule has 0 saturated carbocycles. The zero-order valence-corrected chi connectivity index (χ0v) is 10.2. The van der Waals surface area contributed by atoms with Gasteiger partial charge in [0, 0.05) is 5.38 Å². The maximum Gasteiger partial charge on any atom is 0.365 e. The average Bonchev–Trinajstić information content (AvgIpc) is 2.77. The molecular formula is C11H8ClNO3S. The van der Waals surface area contributed by atoms with Crippen LogP contribution in [0.4, 0.5) is 0 Å². The number of aromatic carboxylic acids is 1. The topological polar surface area (TPSA) is 59.4 Å². The average molecular weight is 270 g/mol. The molecule has 2 rings (SSSR count). The Morgan fingerprint density at radius 2 is 2.24 bits per heavy atom. The van der Waals surface area contributed by atoms with Crippen LogP contribution in [-0.4, -0.2) is 16.1 Å². The van der Waals surface area contributed by atoms with Gasteiger partial charge in [0.25, 0.3) is 0 Å². The minimum atomic E-state index is -1.03. The van der Waals surface area contributed by atoms with Crippen LogP contribution in [0.5, 0.6) is 5.75 Å². The monoisotopic (exact) mass is 269 g/mol. The van der Waals surface area contributed by atoms with E-state index in [-0.39, 0.29) is 11.6 Å². The predicted octanol–water partition coefficient (Wildman–Crippen LogP) is 3.07. The van der Waals surface area contributed by atoms with Crippen molar-refractivity contribution in [3.05, 3.63) is 45.4 Å². The summed E-state index contributed by atoms with van der Waals surface area (Å²) >= 11 is 6.98. The number of para-hydroxylation sites is 1. The third-order valence-corrected chi connectivity index (χ3v) is 3.14. The Kier molecular flexibility index (Phi) is 3.61. The number of carboxylic acid groups (broad SMARTS) is 1. The summed E-state index contributed by atoms with van der Waals surface area (Å²) in [5.74, 6) is -0.474. The van der Waals surface area contributed by atoms with Gasteiger partial charge in [0.05, 0.1) is 10.7 Å². The van der Waals surface area contributed by atoms with E-state index in [0.29, 0.717) is 16.5 Å². The SMILES string of the molecule is O=C(O)c1nc(COc2ccccc2Cl)cs1. The number of benzene rings is 1. The second-order valence-corrected chi connectivity index (χ2v) is 4.43. The Morgan fingerprint density at radius 3 is 2.88 bits per heavy atom. The fourth-order valence-corrected chi connectivity index (χ4v) is 2.01. The number of carboxylic acids is 1. The first kappa shape index (κ1) is 11.9. The van der Waals surface area contributed by atoms with Crippen LogP contribution in [0, 0.1) is 0 Å². The number of ether oxygens (including phenoxy) is 1. The van der Waals surface area contributed by atoms with Crippen molar-refractivity contribution in [2.75, 3.05) is 0 Å². The molecule has 0 aliphatic carbocycles. The molecule has 6 heteroatoms. The molecule has 0 saturated heterocycles. The summed E-state index contributed by atoms with van der Waals surface area (Å²) in [6.45, 7) is 0.202. The Morgan fingerprint density at radius 1 is 1.47 bits per heavy atom. The smallest absolute Gasteiger partial charge is 0.365 e. The van der Waals surface area contributed by atoms with Gasteiger partial charge in [0.1, 0.15) is 12.4 Å². The lowest BCUT2D eigenvalue weighted by Gasteiger charge is -2.05. The van der Waals surface area contributed by atoms with Crippen molar-refractivity contribution in [1.82, 2.24) is 4.98 Å². The molecular weight excluding hydrogens is 262 g/mol. The van der Waals surface area contributed by atoms with Crippen molar-refractivity contribution in [3.63, 3.8) is 0 Å². The maximum absolute atomic E-state index is 10.6. The maximum atomic E-state index is 10.6. The summed E-state index contributed by atoms with van der Waals surface area (Å²) in [7, 11) is 0. The van der Waals surface area contributed by atoms with Crippen molar-refractivity contribution >= 4 is 28.9 Å². The highest BCUT2D eigenvalue weighted by Gasteiger charge is 2.09. The number of aromatic nitrogens is 1. The fourth-order valence-electron chi connectivity index (χ4n) is 1.18. The lowest BCUT2D eigenvalue weighted by molar-refractivity contribution is 0.0696. The molecule has 17 heavy (non-hydrogen) atoms. The lowest BCUT2D eigenvalue weighted by atomic mass is 10.3. The molecule has 0 amide bonds. The molecule has 0 radical (unpaired) electrons. The third kappa shape index (κ3) is 2.95. The van der Waals surface area contributed by atoms with E-state index >= 15 is 0 Å². The van der Waals surface area contributed by atoms with E-state index < -0.39 is 5.97 Å². The molecule has 0 atom stereocenters. The summed E-state index contributed by atoms with van der Waals surface area (Å²) in [5, 5.41) is 10.9. The number of hydrogen-bond acceptors (Lipinski definition) is 4. The van der Waals surface area contributed by atoms with E-state index in [1.165, 1.54) is 0 Å². The number of halogens is 1. The van der Waals surface area contributed by atoms with E-state index in [9.17, 15) is 4.79 Å². The Balaban J connectivity index is 2.02. The standard InChI is InChI=1S/C11H8ClNO3S/c12-8-3-1-2-4-9(8)16-5-7-6-17-10(13-7)11(14)15/h1-4,6H,5H2,(H,14,15). The van der Waals surface area contributed by atoms with Gasteiger partial charge in [0.15, 0.2) is 0 Å². The number of rotatable bonds is 4. The van der Waals surface area contributed by atoms with Crippen molar-refractivity contribution in [3.8, 4) is 5.75 Å². The van der Waals surface area contributed by atoms with Crippen LogP contribution in [0.2, 0.25) is 5.02 Å². The van der Waals surface area contributed by atoms with Gasteiger partial charge in [-0.2, -0.15) is 0 Å². The van der Waals surface area contributed by atoms with E-state index in [2.05, 4.69) is 4.98 Å². The highest BCUT2D eigenvalue weighted by molar-refractivity contribution is 7.11. The molecule has 0 aliphatic rings. The molecule has 0 aliphatic heterocycles. The zero-order valence-electron chi connectivity index (χ0n) is 8.59. The second kappa shape index (κ2) is 5.16. The van der Waals surface area contributed by atoms with E-state index in [1.54, 1.807) is 23.6 Å². The van der Waals surface area contributed by atoms with Crippen LogP contribution in [0.25, 0.3) is 0 Å². The largest absolute Gasteiger partial charge is 0.486 e. The summed E-state index contributed by atoms with van der Waals surface area (Å²) in [6, 6.07) is 7.08. The molecule has 0 fully saturated rings. The van der Waals surface area contributed by atoms with E-state index in [1.807, 2.05) is 6.07 Å². The summed E-state index contributed by atoms with van der Waals surface area (Å²) in [4.78, 5) is 14.5. The number of thiazole rings is 1. The van der Waals surface area contributed by atoms with Crippen molar-refractivity contribution < 1.29 is 14.6 Å². The van der Waals surface area contributed by atoms with Gasteiger partial charge in [-0.1, -0.05) is 23.7 Å². The van der Waals surface area contributed by atoms with Crippen molar-refractivity contribution in [2.45, 2.75) is 6.61 Å². The Hall–Kier alpha value is -1.59. The number of nitrogens with zero attached hydrogens (tertiary/aromatic N) is 1. The van der Waals surface area contributed by atoms with Crippen LogP contribution in [0.1, 0.15) is 15.5 Å². The Labute approximate surface area is 106 Å². The molecule has 88 valence electrons. The molecule has 1 heterocycles. The first-order valence-corrected chi connectivity index (χ1v) is 5.97. The van der Waals surface area contributed by atoms with Gasteiger partial charge >= 0.3 is 5.97 Å². The second-order valence-electron chi connectivity index (χ2n) is 3.17. The van der Waals surface area contributed by atoms with Crippen molar-refractivity contribution in [1.29, 1.82) is 0 Å². The molecule has 0 bridgehead atoms. The molecule has 4 nitrogen and oxygen atoms in total. The van der Waals surface area contributed by atoms with Gasteiger partial charge in [0.2, 0.25) is 5.01 Å². The van der Waals surface area contributed by atoms with Crippen LogP contribution in [0.15, 0.2) is 29.6 Å². The van der Waals surface area contributed by atoms with Crippen LogP contribution in [-0.2, 0) is 6.61 Å². The first-order chi connectivity index (χ1) is 8.16. The predicted molar refractivity (Wildman–Crippen MR) is 64.9 cm³/mol. The number of hydrogen-bond donors (Lipinski definition) is 1. The first-order valence-electron chi connectivity index (χ1n) is 4.72. The summed E-state index contributed by atoms with van der Waals surface area (Å²) in [5.41, 5.74) is 0.576. The minimum absolute atomic E-state index is 0.0581. The molecule has 0 spiro atoms. The van der Waals surface area contributed by atoms with E-state index in [4.69, 9.17) is 21.4 Å². The van der Waals surface area contributed by atoms with E-state index in [0.717, 1.165) is 11.3 Å². The van der Waals surface area contributed by atoms with Gasteiger partial charge in [-0.15, -0.1) is 11.3 Å². The number of carbonyl (C=O) groups is 1. The van der Waals surface area contributed by atoms with Gasteiger partial charge in [-0.3, -0.25) is 0 Å². The zero-order chi connectivity index (χ0) is 12.3. The highest BCUT2D eigenvalue weighted by atomic mass is 35.5. The molecule has 1 aromatic carbocycles. The summed E-state index contributed by atoms with van der Waals surface area (Å²) < 4.78 is 5.44. The van der Waals surface area contributed by atoms with Gasteiger partial charge in [-0.25, -0.2) is 9.78 Å². The molecule has 2 aromatic rings. The van der Waals surface area contributed by atoms with Gasteiger partial charge in [-0.05, 0) is 12.1 Å². The molecule has 1 aromatic heterocycles. The summed E-state index contributed by atoms with van der Waals surface area (Å²) in [6.07, 6.45) is 0. The van der Waals surface area contributed by atoms with Crippen LogP contribution in [0.3, 0.4) is 0 Å². The third-order valence-electron chi connectivity index (χ3n) is 1.95. The highest BCUT2D eigenvalue weighted by Crippen LogP contribution is 2.24. The minimum Gasteiger partial charge on any atom is -0.486 e. The fraction of sp³-hybridized carbons (Fsp3) is 0.0909. The molecule has 0 unspecified atom stereocenters. The normalized spacial score (nSPS) is 10.2. The van der Waals surface area contributed by atoms with Crippen LogP contribution < -0.4 is 4.74 Å². The van der Waals surface area contributed by atoms with Crippen LogP contribution >= 0.6 is 22.9 Å².